The Balaban J connectivity index is 1.07. The van der Waals surface area contributed by atoms with E-state index in [1.165, 1.54) is 71.9 Å². The minimum Gasteiger partial charge on any atom is -0.456 e. The monoisotopic (exact) mass is 781 g/mol. The van der Waals surface area contributed by atoms with E-state index in [-0.39, 0.29) is 0 Å². The number of amidine groups is 1. The van der Waals surface area contributed by atoms with Gasteiger partial charge < -0.3 is 8.98 Å². The van der Waals surface area contributed by atoms with E-state index < -0.39 is 5.41 Å². The molecular weight excluding hydrogens is 743 g/mol. The molecule has 0 atom stereocenters. The molecule has 0 N–H and O–H groups in total. The summed E-state index contributed by atoms with van der Waals surface area (Å²) < 4.78 is 8.88. The van der Waals surface area contributed by atoms with Crippen LogP contribution in [0.4, 0.5) is 0 Å². The second kappa shape index (κ2) is 13.0. The highest BCUT2D eigenvalue weighted by Crippen LogP contribution is 2.64. The lowest BCUT2D eigenvalue weighted by atomic mass is 9.70. The Hall–Kier alpha value is -7.56. The van der Waals surface area contributed by atoms with Gasteiger partial charge in [-0.1, -0.05) is 165 Å². The zero-order valence-electron chi connectivity index (χ0n) is 33.7. The Morgan fingerprint density at radius 2 is 1.13 bits per heavy atom. The number of aromatic nitrogens is 1. The van der Waals surface area contributed by atoms with Gasteiger partial charge in [0.25, 0.3) is 0 Å². The van der Waals surface area contributed by atoms with Crippen LogP contribution in [0.25, 0.3) is 71.7 Å². The Bertz CT molecular complexity index is 3530. The highest BCUT2D eigenvalue weighted by molar-refractivity contribution is 6.20. The molecule has 8 aromatic carbocycles. The smallest absolute Gasteiger partial charge is 0.148 e. The second-order valence-corrected chi connectivity index (χ2v) is 16.6. The van der Waals surface area contributed by atoms with Crippen molar-refractivity contribution in [2.75, 3.05) is 0 Å². The van der Waals surface area contributed by atoms with Crippen LogP contribution >= 0.6 is 0 Å². The van der Waals surface area contributed by atoms with Gasteiger partial charge in [0.1, 0.15) is 17.0 Å². The Morgan fingerprint density at radius 3 is 1.90 bits per heavy atom. The van der Waals surface area contributed by atoms with Crippen molar-refractivity contribution in [3.05, 3.63) is 221 Å². The number of para-hydroxylation sites is 2. The normalized spacial score (nSPS) is 15.0. The molecule has 0 saturated carbocycles. The van der Waals surface area contributed by atoms with Gasteiger partial charge in [-0.05, 0) is 86.3 Å². The summed E-state index contributed by atoms with van der Waals surface area (Å²) >= 11 is 0. The molecule has 3 aliphatic rings. The molecule has 61 heavy (non-hydrogen) atoms. The minimum atomic E-state index is -0.411. The number of allylic oxidation sites excluding steroid dienone is 1. The van der Waals surface area contributed by atoms with Crippen molar-refractivity contribution in [1.29, 1.82) is 0 Å². The molecule has 4 heteroatoms. The van der Waals surface area contributed by atoms with Crippen molar-refractivity contribution in [3.8, 4) is 22.3 Å². The fourth-order valence-corrected chi connectivity index (χ4v) is 11.1. The lowest BCUT2D eigenvalue weighted by Gasteiger charge is -2.30. The van der Waals surface area contributed by atoms with Gasteiger partial charge in [0, 0.05) is 39.0 Å². The van der Waals surface area contributed by atoms with Gasteiger partial charge in [-0.3, -0.25) is 0 Å². The van der Waals surface area contributed by atoms with Gasteiger partial charge in [0.05, 0.1) is 28.9 Å². The van der Waals surface area contributed by atoms with Gasteiger partial charge >= 0.3 is 0 Å². The third-order valence-corrected chi connectivity index (χ3v) is 13.6. The van der Waals surface area contributed by atoms with E-state index in [1.807, 2.05) is 6.07 Å². The molecule has 0 radical (unpaired) electrons. The number of rotatable bonds is 5. The molecule has 3 heterocycles. The van der Waals surface area contributed by atoms with Crippen LogP contribution in [0.3, 0.4) is 0 Å². The molecular formula is C57H39N3O. The molecule has 4 nitrogen and oxygen atoms in total. The fourth-order valence-electron chi connectivity index (χ4n) is 11.1. The molecule has 1 spiro atoms. The minimum absolute atomic E-state index is 0.411. The van der Waals surface area contributed by atoms with Crippen molar-refractivity contribution < 1.29 is 4.42 Å². The molecule has 0 bridgehead atoms. The summed E-state index contributed by atoms with van der Waals surface area (Å²) in [7, 11) is 0. The maximum atomic E-state index is 6.41. The van der Waals surface area contributed by atoms with Crippen molar-refractivity contribution in [2.45, 2.75) is 31.7 Å². The SMILES string of the molecule is CCC1=C(c2cccc3oc4ccccc4c23)N=C(Cn2c3ccccc3c3c4c(ccc32)C2(c3ccccc3-c3ccccc32)c2ccccc2-4)N=C(c2ccccc2)C1. The van der Waals surface area contributed by atoms with E-state index in [2.05, 4.69) is 187 Å². The Morgan fingerprint density at radius 1 is 0.508 bits per heavy atom. The van der Waals surface area contributed by atoms with E-state index in [0.29, 0.717) is 13.0 Å². The molecule has 0 unspecified atom stereocenters. The predicted molar refractivity (Wildman–Crippen MR) is 252 cm³/mol. The molecule has 0 saturated heterocycles. The maximum absolute atomic E-state index is 6.41. The zero-order valence-corrected chi connectivity index (χ0v) is 33.7. The van der Waals surface area contributed by atoms with Crippen LogP contribution in [0.1, 0.15) is 53.1 Å². The summed E-state index contributed by atoms with van der Waals surface area (Å²) in [5.41, 5.74) is 19.8. The summed E-state index contributed by atoms with van der Waals surface area (Å²) in [6.07, 6.45) is 1.55. The number of hydrogen-bond donors (Lipinski definition) is 0. The maximum Gasteiger partial charge on any atom is 0.148 e. The van der Waals surface area contributed by atoms with Crippen molar-refractivity contribution in [1.82, 2.24) is 4.57 Å². The first kappa shape index (κ1) is 34.3. The summed E-state index contributed by atoms with van der Waals surface area (Å²) in [6.45, 7) is 2.74. The molecule has 0 fully saturated rings. The fraction of sp³-hybridized carbons (Fsp3) is 0.0877. The highest BCUT2D eigenvalue weighted by Gasteiger charge is 2.52. The van der Waals surface area contributed by atoms with E-state index in [4.69, 9.17) is 14.4 Å². The van der Waals surface area contributed by atoms with Crippen LogP contribution < -0.4 is 0 Å². The predicted octanol–water partition coefficient (Wildman–Crippen LogP) is 14.2. The summed E-state index contributed by atoms with van der Waals surface area (Å²) in [5, 5.41) is 4.71. The first-order chi connectivity index (χ1) is 30.2. The van der Waals surface area contributed by atoms with Crippen LogP contribution in [0.2, 0.25) is 0 Å². The quantitative estimate of drug-likeness (QED) is 0.171. The Labute approximate surface area is 353 Å². The lowest BCUT2D eigenvalue weighted by molar-refractivity contribution is 0.669. The van der Waals surface area contributed by atoms with Crippen LogP contribution in [-0.4, -0.2) is 16.1 Å². The number of benzene rings is 8. The van der Waals surface area contributed by atoms with Crippen molar-refractivity contribution in [2.24, 2.45) is 9.98 Å². The average Bonchev–Trinajstić information content (AvgIpc) is 4.00. The van der Waals surface area contributed by atoms with Crippen LogP contribution in [0.15, 0.2) is 202 Å². The topological polar surface area (TPSA) is 42.8 Å². The highest BCUT2D eigenvalue weighted by atomic mass is 16.3. The second-order valence-electron chi connectivity index (χ2n) is 16.6. The van der Waals surface area contributed by atoms with Gasteiger partial charge in [0.2, 0.25) is 0 Å². The molecule has 2 aliphatic carbocycles. The summed E-state index contributed by atoms with van der Waals surface area (Å²) in [6, 6.07) is 66.2. The lowest BCUT2D eigenvalue weighted by Crippen LogP contribution is -2.25. The van der Waals surface area contributed by atoms with Crippen molar-refractivity contribution >= 4 is 61.0 Å². The van der Waals surface area contributed by atoms with Crippen LogP contribution in [0.5, 0.6) is 0 Å². The molecule has 10 aromatic rings. The molecule has 0 amide bonds. The zero-order chi connectivity index (χ0) is 40.2. The van der Waals surface area contributed by atoms with Gasteiger partial charge in [0.15, 0.2) is 0 Å². The molecule has 13 rings (SSSR count). The van der Waals surface area contributed by atoms with E-state index >= 15 is 0 Å². The summed E-state index contributed by atoms with van der Waals surface area (Å²) in [5.74, 6) is 0.778. The molecule has 2 aromatic heterocycles. The summed E-state index contributed by atoms with van der Waals surface area (Å²) in [4.78, 5) is 11.2. The number of fused-ring (bicyclic) bond motifs is 17. The third-order valence-electron chi connectivity index (χ3n) is 13.6. The van der Waals surface area contributed by atoms with E-state index in [1.54, 1.807) is 0 Å². The van der Waals surface area contributed by atoms with E-state index in [9.17, 15) is 0 Å². The van der Waals surface area contributed by atoms with Gasteiger partial charge in [-0.2, -0.15) is 0 Å². The van der Waals surface area contributed by atoms with Crippen LogP contribution in [0, 0.1) is 0 Å². The first-order valence-corrected chi connectivity index (χ1v) is 21.4. The van der Waals surface area contributed by atoms with Gasteiger partial charge in [-0.15, -0.1) is 0 Å². The van der Waals surface area contributed by atoms with Crippen LogP contribution in [-0.2, 0) is 12.0 Å². The average molecular weight is 782 g/mol. The number of nitrogens with zero attached hydrogens (tertiary/aromatic N) is 3. The number of hydrogen-bond acceptors (Lipinski definition) is 3. The third kappa shape index (κ3) is 4.70. The largest absolute Gasteiger partial charge is 0.456 e. The number of furan rings is 1. The molecule has 1 aliphatic heterocycles. The first-order valence-electron chi connectivity index (χ1n) is 21.4. The van der Waals surface area contributed by atoms with E-state index in [0.717, 1.165) is 56.7 Å². The number of aliphatic imine (C=N–C) groups is 2. The van der Waals surface area contributed by atoms with Crippen molar-refractivity contribution in [3.63, 3.8) is 0 Å². The Kier molecular flexibility index (Phi) is 7.30. The molecule has 288 valence electrons. The van der Waals surface area contributed by atoms with Gasteiger partial charge in [-0.25, -0.2) is 9.98 Å². The standard InChI is InChI=1S/C57H39N3O/c1-2-35-33-47(36-17-4-3-5-18-36)58-52(59-56(35)42-24-16-30-51-53(42)41-23-10-15-29-50(41)61-51)34-60-48-28-14-9-22-40(48)55-49(60)32-31-46-54(55)39-21-8-13-27-45(39)57(46)43-25-11-6-19-37(43)38-20-7-12-26-44(38)57/h3-32H,2,33-34H2,1H3.